The van der Waals surface area contributed by atoms with Crippen molar-refractivity contribution in [2.24, 2.45) is 0 Å². The number of carbonyl (C=O) groups is 1. The van der Waals surface area contributed by atoms with Gasteiger partial charge in [0.25, 0.3) is 0 Å². The van der Waals surface area contributed by atoms with Crippen molar-refractivity contribution >= 4 is 33.3 Å². The topological polar surface area (TPSA) is 17.1 Å². The van der Waals surface area contributed by atoms with Crippen molar-refractivity contribution in [2.45, 2.75) is 6.92 Å². The molecule has 2 aromatic carbocycles. The Balaban J connectivity index is 2.44. The van der Waals surface area contributed by atoms with Gasteiger partial charge in [-0.05, 0) is 36.8 Å². The standard InChI is InChI=1S/C14H9BrClFO/c1-8-2-3-9(6-12(8)16)14(18)11-5-4-10(15)7-13(11)17/h2-7H,1H3. The summed E-state index contributed by atoms with van der Waals surface area (Å²) >= 11 is 9.11. The normalized spacial score (nSPS) is 10.4. The minimum absolute atomic E-state index is 0.0399. The summed E-state index contributed by atoms with van der Waals surface area (Å²) in [6, 6.07) is 9.29. The third-order valence-electron chi connectivity index (χ3n) is 2.61. The molecular formula is C14H9BrClFO. The van der Waals surface area contributed by atoms with Crippen LogP contribution in [0.5, 0.6) is 0 Å². The number of hydrogen-bond donors (Lipinski definition) is 0. The van der Waals surface area contributed by atoms with E-state index in [4.69, 9.17) is 11.6 Å². The Morgan fingerprint density at radius 2 is 1.94 bits per heavy atom. The summed E-state index contributed by atoms with van der Waals surface area (Å²) in [5.74, 6) is -0.923. The van der Waals surface area contributed by atoms with Gasteiger partial charge in [-0.2, -0.15) is 0 Å². The van der Waals surface area contributed by atoms with Crippen molar-refractivity contribution in [3.8, 4) is 0 Å². The largest absolute Gasteiger partial charge is 0.288 e. The molecule has 0 aliphatic heterocycles. The highest BCUT2D eigenvalue weighted by atomic mass is 79.9. The maximum absolute atomic E-state index is 13.7. The van der Waals surface area contributed by atoms with Crippen molar-refractivity contribution in [3.63, 3.8) is 0 Å². The first-order chi connectivity index (χ1) is 8.49. The third kappa shape index (κ3) is 2.62. The number of benzene rings is 2. The van der Waals surface area contributed by atoms with Crippen LogP contribution in [-0.4, -0.2) is 5.78 Å². The summed E-state index contributed by atoms with van der Waals surface area (Å²) in [5.41, 5.74) is 1.30. The number of ketones is 1. The molecule has 18 heavy (non-hydrogen) atoms. The molecule has 0 aromatic heterocycles. The quantitative estimate of drug-likeness (QED) is 0.725. The lowest BCUT2D eigenvalue weighted by Crippen LogP contribution is -2.04. The lowest BCUT2D eigenvalue weighted by molar-refractivity contribution is 0.103. The fourth-order valence-electron chi connectivity index (χ4n) is 1.56. The third-order valence-corrected chi connectivity index (χ3v) is 3.51. The van der Waals surface area contributed by atoms with E-state index >= 15 is 0 Å². The molecule has 4 heteroatoms. The Hall–Kier alpha value is -1.19. The average molecular weight is 328 g/mol. The van der Waals surface area contributed by atoms with Gasteiger partial charge in [-0.25, -0.2) is 4.39 Å². The van der Waals surface area contributed by atoms with Crippen molar-refractivity contribution in [1.82, 2.24) is 0 Å². The maximum Gasteiger partial charge on any atom is 0.196 e. The zero-order chi connectivity index (χ0) is 13.3. The molecule has 0 N–H and O–H groups in total. The van der Waals surface area contributed by atoms with Crippen LogP contribution >= 0.6 is 27.5 Å². The van der Waals surface area contributed by atoms with Crippen LogP contribution in [0.1, 0.15) is 21.5 Å². The van der Waals surface area contributed by atoms with Gasteiger partial charge in [-0.1, -0.05) is 39.7 Å². The van der Waals surface area contributed by atoms with Crippen LogP contribution in [-0.2, 0) is 0 Å². The number of hydrogen-bond acceptors (Lipinski definition) is 1. The summed E-state index contributed by atoms with van der Waals surface area (Å²) in [4.78, 5) is 12.1. The molecule has 0 aliphatic carbocycles. The van der Waals surface area contributed by atoms with E-state index in [0.717, 1.165) is 5.56 Å². The molecule has 0 amide bonds. The molecular weight excluding hydrogens is 319 g/mol. The Morgan fingerprint density at radius 1 is 1.22 bits per heavy atom. The molecule has 1 nitrogen and oxygen atoms in total. The highest BCUT2D eigenvalue weighted by molar-refractivity contribution is 9.10. The van der Waals surface area contributed by atoms with E-state index in [1.807, 2.05) is 6.92 Å². The first kappa shape index (κ1) is 13.2. The fourth-order valence-corrected chi connectivity index (χ4v) is 2.08. The van der Waals surface area contributed by atoms with Crippen LogP contribution < -0.4 is 0 Å². The lowest BCUT2D eigenvalue weighted by atomic mass is 10.0. The zero-order valence-electron chi connectivity index (χ0n) is 9.51. The minimum Gasteiger partial charge on any atom is -0.288 e. The minimum atomic E-state index is -0.550. The van der Waals surface area contributed by atoms with E-state index in [0.29, 0.717) is 15.1 Å². The molecule has 0 unspecified atom stereocenters. The molecule has 0 saturated heterocycles. The smallest absolute Gasteiger partial charge is 0.196 e. The van der Waals surface area contributed by atoms with Crippen LogP contribution in [0, 0.1) is 12.7 Å². The highest BCUT2D eigenvalue weighted by Gasteiger charge is 2.14. The van der Waals surface area contributed by atoms with Crippen molar-refractivity contribution in [2.75, 3.05) is 0 Å². The van der Waals surface area contributed by atoms with Crippen LogP contribution in [0.4, 0.5) is 4.39 Å². The summed E-state index contributed by atoms with van der Waals surface area (Å²) < 4.78 is 14.3. The SMILES string of the molecule is Cc1ccc(C(=O)c2ccc(Br)cc2F)cc1Cl. The van der Waals surface area contributed by atoms with Crippen molar-refractivity contribution in [3.05, 3.63) is 68.4 Å². The molecule has 2 aromatic rings. The van der Waals surface area contributed by atoms with E-state index < -0.39 is 5.82 Å². The van der Waals surface area contributed by atoms with Crippen molar-refractivity contribution < 1.29 is 9.18 Å². The molecule has 0 bridgehead atoms. The van der Waals surface area contributed by atoms with Crippen LogP contribution in [0.3, 0.4) is 0 Å². The molecule has 92 valence electrons. The molecule has 0 spiro atoms. The van der Waals surface area contributed by atoms with E-state index in [-0.39, 0.29) is 11.3 Å². The first-order valence-corrected chi connectivity index (χ1v) is 6.42. The molecule has 0 fully saturated rings. The second-order valence-corrected chi connectivity index (χ2v) is 5.24. The average Bonchev–Trinajstić information content (AvgIpc) is 2.32. The van der Waals surface area contributed by atoms with Gasteiger partial charge in [-0.15, -0.1) is 0 Å². The van der Waals surface area contributed by atoms with Gasteiger partial charge in [0.2, 0.25) is 0 Å². The van der Waals surface area contributed by atoms with Gasteiger partial charge >= 0.3 is 0 Å². The Kier molecular flexibility index (Phi) is 3.83. The molecule has 0 saturated carbocycles. The van der Waals surface area contributed by atoms with Crippen LogP contribution in [0.2, 0.25) is 5.02 Å². The molecule has 0 aliphatic rings. The number of aryl methyl sites for hydroxylation is 1. The van der Waals surface area contributed by atoms with E-state index in [1.165, 1.54) is 12.1 Å². The molecule has 0 heterocycles. The van der Waals surface area contributed by atoms with Crippen molar-refractivity contribution in [1.29, 1.82) is 0 Å². The Morgan fingerprint density at radius 3 is 2.56 bits per heavy atom. The van der Waals surface area contributed by atoms with E-state index in [9.17, 15) is 9.18 Å². The summed E-state index contributed by atoms with van der Waals surface area (Å²) in [7, 11) is 0. The van der Waals surface area contributed by atoms with E-state index in [2.05, 4.69) is 15.9 Å². The molecule has 0 radical (unpaired) electrons. The Labute approximate surface area is 118 Å². The van der Waals surface area contributed by atoms with Gasteiger partial charge in [0.1, 0.15) is 5.82 Å². The van der Waals surface area contributed by atoms with Crippen LogP contribution in [0.15, 0.2) is 40.9 Å². The lowest BCUT2D eigenvalue weighted by Gasteiger charge is -2.05. The zero-order valence-corrected chi connectivity index (χ0v) is 11.8. The van der Waals surface area contributed by atoms with Gasteiger partial charge in [0.05, 0.1) is 5.56 Å². The molecule has 2 rings (SSSR count). The molecule has 0 atom stereocenters. The second-order valence-electron chi connectivity index (χ2n) is 3.92. The predicted octanol–water partition coefficient (Wildman–Crippen LogP) is 4.78. The maximum atomic E-state index is 13.7. The second kappa shape index (κ2) is 5.21. The van der Waals surface area contributed by atoms with Gasteiger partial charge in [-0.3, -0.25) is 4.79 Å². The first-order valence-electron chi connectivity index (χ1n) is 5.25. The van der Waals surface area contributed by atoms with Crippen LogP contribution in [0.25, 0.3) is 0 Å². The monoisotopic (exact) mass is 326 g/mol. The highest BCUT2D eigenvalue weighted by Crippen LogP contribution is 2.22. The number of carbonyl (C=O) groups excluding carboxylic acids is 1. The predicted molar refractivity (Wildman–Crippen MR) is 73.7 cm³/mol. The van der Waals surface area contributed by atoms with E-state index in [1.54, 1.807) is 24.3 Å². The fraction of sp³-hybridized carbons (Fsp3) is 0.0714. The number of halogens is 3. The number of rotatable bonds is 2. The summed E-state index contributed by atoms with van der Waals surface area (Å²) in [6.07, 6.45) is 0. The van der Waals surface area contributed by atoms with Gasteiger partial charge in [0, 0.05) is 15.1 Å². The van der Waals surface area contributed by atoms with Gasteiger partial charge < -0.3 is 0 Å². The summed E-state index contributed by atoms with van der Waals surface area (Å²) in [5, 5.41) is 0.498. The van der Waals surface area contributed by atoms with Gasteiger partial charge in [0.15, 0.2) is 5.78 Å². The summed E-state index contributed by atoms with van der Waals surface area (Å²) in [6.45, 7) is 1.84. The Bertz CT molecular complexity index is 625.